The van der Waals surface area contributed by atoms with Gasteiger partial charge in [0.2, 0.25) is 15.7 Å². The summed E-state index contributed by atoms with van der Waals surface area (Å²) >= 11 is 0. The van der Waals surface area contributed by atoms with Crippen LogP contribution in [-0.2, 0) is 27.1 Å². The maximum absolute atomic E-state index is 12.9. The van der Waals surface area contributed by atoms with Gasteiger partial charge in [-0.25, -0.2) is 8.42 Å². The molecule has 2 aromatic carbocycles. The zero-order chi connectivity index (χ0) is 31.6. The molecule has 1 saturated carbocycles. The number of aromatic nitrogens is 2. The number of anilines is 1. The highest BCUT2D eigenvalue weighted by Gasteiger charge is 2.52. The van der Waals surface area contributed by atoms with Gasteiger partial charge in [-0.1, -0.05) is 43.3 Å². The summed E-state index contributed by atoms with van der Waals surface area (Å²) in [5.74, 6) is 0.661. The molecule has 3 aromatic rings. The molecular weight excluding hydrogens is 584 g/mol. The van der Waals surface area contributed by atoms with E-state index in [1.807, 2.05) is 30.3 Å². The molecule has 0 radical (unpaired) electrons. The molecule has 45 heavy (non-hydrogen) atoms. The molecule has 3 unspecified atom stereocenters. The molecule has 0 spiro atoms. The minimum atomic E-state index is -3.58. The van der Waals surface area contributed by atoms with Gasteiger partial charge in [-0.3, -0.25) is 9.48 Å². The predicted molar refractivity (Wildman–Crippen MR) is 173 cm³/mol. The SMILES string of the molecule is C=CC(=O)NC1CCCC1C(C#N)(c1ccccc1)C1CCN(CC2CN(c3ccc(S(=O)(=O)c4cnn(C)c4)cc3)C2)CC1. The molecule has 1 aromatic heterocycles. The summed E-state index contributed by atoms with van der Waals surface area (Å²) in [6.45, 7) is 8.44. The van der Waals surface area contributed by atoms with Crippen LogP contribution in [0.25, 0.3) is 0 Å². The summed E-state index contributed by atoms with van der Waals surface area (Å²) in [5.41, 5.74) is 1.46. The van der Waals surface area contributed by atoms with Crippen molar-refractivity contribution in [3.05, 3.63) is 85.2 Å². The third-order valence-corrected chi connectivity index (χ3v) is 12.0. The smallest absolute Gasteiger partial charge is 0.243 e. The number of benzene rings is 2. The Labute approximate surface area is 266 Å². The van der Waals surface area contributed by atoms with Gasteiger partial charge in [-0.2, -0.15) is 10.4 Å². The largest absolute Gasteiger partial charge is 0.371 e. The number of nitrogens with one attached hydrogen (secondary N) is 1. The van der Waals surface area contributed by atoms with E-state index in [1.54, 1.807) is 19.2 Å². The first-order valence-corrected chi connectivity index (χ1v) is 17.4. The molecule has 3 atom stereocenters. The van der Waals surface area contributed by atoms with Gasteiger partial charge in [-0.05, 0) is 80.6 Å². The fourth-order valence-corrected chi connectivity index (χ4v) is 9.21. The second-order valence-electron chi connectivity index (χ2n) is 12.9. The Morgan fingerprint density at radius 1 is 1.07 bits per heavy atom. The van der Waals surface area contributed by atoms with Crippen molar-refractivity contribution in [1.82, 2.24) is 20.0 Å². The zero-order valence-electron chi connectivity index (χ0n) is 25.9. The number of hydrogen-bond acceptors (Lipinski definition) is 7. The van der Waals surface area contributed by atoms with Crippen molar-refractivity contribution in [2.24, 2.45) is 24.8 Å². The fraction of sp³-hybridized carbons (Fsp3) is 0.457. The number of nitrogens with zero attached hydrogens (tertiary/aromatic N) is 5. The standard InChI is InChI=1S/C35H42N6O3S/c1-3-34(42)38-33-11-7-10-32(33)35(25-36,27-8-5-4-6-9-27)28-16-18-40(19-17-28)21-26-22-41(23-26)29-12-14-30(15-13-29)45(43,44)31-20-37-39(2)24-31/h3-6,8-9,12-15,20,24,26,28,32-33H,1,7,10-11,16-19,21-23H2,2H3,(H,38,42). The van der Waals surface area contributed by atoms with E-state index in [4.69, 9.17) is 0 Å². The van der Waals surface area contributed by atoms with Gasteiger partial charge in [0.1, 0.15) is 4.90 Å². The summed E-state index contributed by atoms with van der Waals surface area (Å²) in [7, 11) is -1.88. The van der Waals surface area contributed by atoms with E-state index in [0.717, 1.165) is 76.1 Å². The Morgan fingerprint density at radius 3 is 2.40 bits per heavy atom. The second kappa shape index (κ2) is 12.8. The Hall–Kier alpha value is -3.94. The number of likely N-dealkylation sites (tertiary alicyclic amines) is 1. The van der Waals surface area contributed by atoms with Crippen molar-refractivity contribution in [3.63, 3.8) is 0 Å². The highest BCUT2D eigenvalue weighted by molar-refractivity contribution is 7.91. The number of hydrogen-bond donors (Lipinski definition) is 1. The van der Waals surface area contributed by atoms with E-state index >= 15 is 0 Å². The van der Waals surface area contributed by atoms with E-state index < -0.39 is 15.3 Å². The molecule has 9 nitrogen and oxygen atoms in total. The first-order chi connectivity index (χ1) is 21.7. The maximum Gasteiger partial charge on any atom is 0.243 e. The Balaban J connectivity index is 1.07. The van der Waals surface area contributed by atoms with Crippen molar-refractivity contribution in [3.8, 4) is 6.07 Å². The van der Waals surface area contributed by atoms with Crippen LogP contribution in [-0.4, -0.2) is 67.8 Å². The summed E-state index contributed by atoms with van der Waals surface area (Å²) in [5, 5.41) is 18.1. The van der Waals surface area contributed by atoms with Crippen LogP contribution < -0.4 is 10.2 Å². The van der Waals surface area contributed by atoms with Gasteiger partial charge in [0.15, 0.2) is 0 Å². The van der Waals surface area contributed by atoms with Crippen molar-refractivity contribution in [2.75, 3.05) is 37.6 Å². The molecule has 0 bridgehead atoms. The number of aryl methyl sites for hydroxylation is 1. The quantitative estimate of drug-likeness (QED) is 0.334. The topological polar surface area (TPSA) is 111 Å². The molecule has 10 heteroatoms. The molecular formula is C35H42N6O3S. The van der Waals surface area contributed by atoms with Crippen LogP contribution in [0.1, 0.15) is 37.7 Å². The average molecular weight is 627 g/mol. The summed E-state index contributed by atoms with van der Waals surface area (Å²) in [6, 6.07) is 20.2. The van der Waals surface area contributed by atoms with E-state index in [1.165, 1.54) is 23.2 Å². The number of nitriles is 1. The predicted octanol–water partition coefficient (Wildman–Crippen LogP) is 4.33. The maximum atomic E-state index is 12.9. The molecule has 1 N–H and O–H groups in total. The van der Waals surface area contributed by atoms with Crippen LogP contribution in [0.15, 0.2) is 89.4 Å². The molecule has 3 aliphatic rings. The summed E-state index contributed by atoms with van der Waals surface area (Å²) in [4.78, 5) is 17.6. The van der Waals surface area contributed by atoms with Gasteiger partial charge in [-0.15, -0.1) is 0 Å². The van der Waals surface area contributed by atoms with E-state index in [2.05, 4.69) is 45.0 Å². The molecule has 1 aliphatic carbocycles. The number of carbonyl (C=O) groups is 1. The zero-order valence-corrected chi connectivity index (χ0v) is 26.7. The van der Waals surface area contributed by atoms with Crippen molar-refractivity contribution in [2.45, 2.75) is 53.4 Å². The fourth-order valence-electron chi connectivity index (χ4n) is 7.97. The monoisotopic (exact) mass is 626 g/mol. The molecule has 2 aliphatic heterocycles. The lowest BCUT2D eigenvalue weighted by molar-refractivity contribution is -0.117. The number of piperidine rings is 1. The molecule has 3 heterocycles. The first-order valence-electron chi connectivity index (χ1n) is 16.0. The van der Waals surface area contributed by atoms with Crippen LogP contribution in [0.2, 0.25) is 0 Å². The number of rotatable bonds is 10. The van der Waals surface area contributed by atoms with Crippen molar-refractivity contribution >= 4 is 21.4 Å². The number of sulfone groups is 1. The lowest BCUT2D eigenvalue weighted by atomic mass is 9.59. The van der Waals surface area contributed by atoms with Crippen molar-refractivity contribution in [1.29, 1.82) is 5.26 Å². The summed E-state index contributed by atoms with van der Waals surface area (Å²) in [6.07, 6.45) is 8.94. The van der Waals surface area contributed by atoms with Crippen LogP contribution >= 0.6 is 0 Å². The minimum absolute atomic E-state index is 0.0288. The number of amides is 1. The summed E-state index contributed by atoms with van der Waals surface area (Å²) < 4.78 is 27.3. The molecule has 1 amide bonds. The third-order valence-electron chi connectivity index (χ3n) is 10.3. The highest BCUT2D eigenvalue weighted by Crippen LogP contribution is 2.50. The van der Waals surface area contributed by atoms with E-state index in [0.29, 0.717) is 5.92 Å². The normalized spacial score (nSPS) is 22.7. The molecule has 3 fully saturated rings. The Bertz CT molecular complexity index is 1650. The van der Waals surface area contributed by atoms with Crippen LogP contribution in [0.5, 0.6) is 0 Å². The lowest BCUT2D eigenvalue weighted by Gasteiger charge is -2.48. The van der Waals surface area contributed by atoms with Gasteiger partial charge in [0.05, 0.1) is 22.6 Å². The molecule has 236 valence electrons. The van der Waals surface area contributed by atoms with Crippen molar-refractivity contribution < 1.29 is 13.2 Å². The lowest BCUT2D eigenvalue weighted by Crippen LogP contribution is -2.55. The molecule has 6 rings (SSSR count). The number of carbonyl (C=O) groups excluding carboxylic acids is 1. The van der Waals surface area contributed by atoms with Gasteiger partial charge in [0.25, 0.3) is 0 Å². The minimum Gasteiger partial charge on any atom is -0.371 e. The van der Waals surface area contributed by atoms with Crippen LogP contribution in [0.4, 0.5) is 5.69 Å². The van der Waals surface area contributed by atoms with Crippen LogP contribution in [0.3, 0.4) is 0 Å². The van der Waals surface area contributed by atoms with Gasteiger partial charge in [0, 0.05) is 56.4 Å². The highest BCUT2D eigenvalue weighted by atomic mass is 32.2. The van der Waals surface area contributed by atoms with E-state index in [9.17, 15) is 18.5 Å². The average Bonchev–Trinajstić information content (AvgIpc) is 3.70. The van der Waals surface area contributed by atoms with Crippen LogP contribution in [0, 0.1) is 29.1 Å². The van der Waals surface area contributed by atoms with E-state index in [-0.39, 0.29) is 33.6 Å². The Kier molecular flexibility index (Phi) is 8.85. The second-order valence-corrected chi connectivity index (χ2v) is 14.8. The molecule has 2 saturated heterocycles. The first kappa shape index (κ1) is 31.1. The Morgan fingerprint density at radius 2 is 1.78 bits per heavy atom. The third kappa shape index (κ3) is 6.03. The van der Waals surface area contributed by atoms with Gasteiger partial charge >= 0.3 is 0 Å². The van der Waals surface area contributed by atoms with Gasteiger partial charge < -0.3 is 15.1 Å².